The van der Waals surface area contributed by atoms with Gasteiger partial charge in [-0.05, 0) is 48.6 Å². The maximum absolute atomic E-state index is 13.8. The summed E-state index contributed by atoms with van der Waals surface area (Å²) in [5.74, 6) is 0.805. The van der Waals surface area contributed by atoms with Gasteiger partial charge in [-0.3, -0.25) is 4.79 Å². The molecule has 14 nitrogen and oxygen atoms in total. The van der Waals surface area contributed by atoms with Gasteiger partial charge in [-0.15, -0.1) is 0 Å². The van der Waals surface area contributed by atoms with Crippen molar-refractivity contribution in [3.63, 3.8) is 0 Å². The SMILES string of the molecule is CNC(=O)COc1ccc(C[C@H](NC(=O)O[C@H]2COC3OCCC32)[C@H](O)CN(CC(C)C)S(=O)(=O)c2ccc3c(c2)OCO3)cc1. The minimum atomic E-state index is -4.08. The molecule has 0 aliphatic carbocycles. The first-order chi connectivity index (χ1) is 22.0. The van der Waals surface area contributed by atoms with Crippen LogP contribution in [-0.4, -0.2) is 101 Å². The lowest BCUT2D eigenvalue weighted by atomic mass is 10.0. The van der Waals surface area contributed by atoms with Crippen molar-refractivity contribution in [3.05, 3.63) is 48.0 Å². The highest BCUT2D eigenvalue weighted by molar-refractivity contribution is 7.89. The zero-order chi connectivity index (χ0) is 32.8. The summed E-state index contributed by atoms with van der Waals surface area (Å²) in [6, 6.07) is 10.3. The number of aliphatic hydroxyl groups excluding tert-OH is 1. The van der Waals surface area contributed by atoms with Crippen molar-refractivity contribution >= 4 is 22.0 Å². The fraction of sp³-hybridized carbons (Fsp3) is 0.548. The molecule has 2 aromatic rings. The maximum atomic E-state index is 13.8. The molecule has 0 aromatic heterocycles. The Morgan fingerprint density at radius 1 is 1.07 bits per heavy atom. The summed E-state index contributed by atoms with van der Waals surface area (Å²) < 4.78 is 61.9. The number of sulfonamides is 1. The molecule has 2 saturated heterocycles. The third-order valence-electron chi connectivity index (χ3n) is 7.98. The largest absolute Gasteiger partial charge is 0.484 e. The normalized spacial score (nSPS) is 21.6. The Hall–Kier alpha value is -3.63. The Bertz CT molecular complexity index is 1470. The van der Waals surface area contributed by atoms with E-state index in [1.54, 1.807) is 24.3 Å². The van der Waals surface area contributed by atoms with E-state index in [-0.39, 0.29) is 62.2 Å². The molecule has 2 aromatic carbocycles. The molecule has 3 N–H and O–H groups in total. The zero-order valence-corrected chi connectivity index (χ0v) is 26.9. The van der Waals surface area contributed by atoms with Crippen molar-refractivity contribution in [3.8, 4) is 17.2 Å². The van der Waals surface area contributed by atoms with Crippen LogP contribution < -0.4 is 24.8 Å². The average Bonchev–Trinajstić information content (AvgIpc) is 3.78. The lowest BCUT2D eigenvalue weighted by Crippen LogP contribution is -2.51. The summed E-state index contributed by atoms with van der Waals surface area (Å²) >= 11 is 0. The van der Waals surface area contributed by atoms with Gasteiger partial charge in [-0.25, -0.2) is 13.2 Å². The van der Waals surface area contributed by atoms with E-state index >= 15 is 0 Å². The molecule has 46 heavy (non-hydrogen) atoms. The molecule has 0 bridgehead atoms. The van der Waals surface area contributed by atoms with Crippen molar-refractivity contribution in [1.29, 1.82) is 0 Å². The van der Waals surface area contributed by atoms with Crippen LogP contribution in [0.4, 0.5) is 4.79 Å². The standard InChI is InChI=1S/C31H41N3O11S/c1-19(2)14-34(46(38,39)22-8-9-26-27(13-22)44-18-43-26)15-25(35)24(12-20-4-6-21(7-5-20)41-17-29(36)32-3)33-31(37)45-28-16-42-30-23(28)10-11-40-30/h4-9,13,19,23-25,28,30,35H,10-12,14-18H2,1-3H3,(H,32,36)(H,33,37)/t23?,24-,25+,28-,30?/m0/s1. The Morgan fingerprint density at radius 3 is 2.57 bits per heavy atom. The number of likely N-dealkylation sites (N-methyl/N-ethyl adjacent to an activating group) is 1. The fourth-order valence-corrected chi connectivity index (χ4v) is 7.19. The Balaban J connectivity index is 1.33. The van der Waals surface area contributed by atoms with E-state index < -0.39 is 40.7 Å². The van der Waals surface area contributed by atoms with Crippen LogP contribution in [0.5, 0.6) is 17.2 Å². The lowest BCUT2D eigenvalue weighted by molar-refractivity contribution is -0.122. The van der Waals surface area contributed by atoms with Crippen molar-refractivity contribution in [2.45, 2.75) is 56.1 Å². The Kier molecular flexibility index (Phi) is 10.9. The predicted molar refractivity (Wildman–Crippen MR) is 163 cm³/mol. The van der Waals surface area contributed by atoms with Crippen LogP contribution in [0.2, 0.25) is 0 Å². The number of rotatable bonds is 14. The lowest BCUT2D eigenvalue weighted by Gasteiger charge is -2.31. The van der Waals surface area contributed by atoms with Crippen LogP contribution in [-0.2, 0) is 35.4 Å². The van der Waals surface area contributed by atoms with Gasteiger partial charge in [0.2, 0.25) is 16.8 Å². The van der Waals surface area contributed by atoms with Crippen LogP contribution in [0.1, 0.15) is 25.8 Å². The molecular formula is C31H41N3O11S. The van der Waals surface area contributed by atoms with E-state index in [1.807, 2.05) is 13.8 Å². The second-order valence-electron chi connectivity index (χ2n) is 11.8. The second kappa shape index (κ2) is 14.9. The third kappa shape index (κ3) is 8.20. The molecule has 2 fully saturated rings. The van der Waals surface area contributed by atoms with E-state index in [0.29, 0.717) is 30.3 Å². The van der Waals surface area contributed by atoms with Crippen molar-refractivity contribution in [2.24, 2.45) is 11.8 Å². The molecule has 3 aliphatic heterocycles. The van der Waals surface area contributed by atoms with Gasteiger partial charge in [0.1, 0.15) is 11.9 Å². The van der Waals surface area contributed by atoms with Gasteiger partial charge in [-0.1, -0.05) is 26.0 Å². The highest BCUT2D eigenvalue weighted by Crippen LogP contribution is 2.35. The number of carbonyl (C=O) groups excluding carboxylic acids is 2. The topological polar surface area (TPSA) is 171 Å². The van der Waals surface area contributed by atoms with E-state index in [0.717, 1.165) is 5.56 Å². The smallest absolute Gasteiger partial charge is 0.407 e. The second-order valence-corrected chi connectivity index (χ2v) is 13.8. The van der Waals surface area contributed by atoms with Gasteiger partial charge in [-0.2, -0.15) is 4.31 Å². The van der Waals surface area contributed by atoms with E-state index in [2.05, 4.69) is 10.6 Å². The summed E-state index contributed by atoms with van der Waals surface area (Å²) in [7, 11) is -2.57. The number of hydrogen-bond acceptors (Lipinski definition) is 11. The first-order valence-corrected chi connectivity index (χ1v) is 16.7. The third-order valence-corrected chi connectivity index (χ3v) is 9.81. The number of alkyl carbamates (subject to hydrolysis) is 1. The molecule has 5 rings (SSSR count). The highest BCUT2D eigenvalue weighted by atomic mass is 32.2. The average molecular weight is 664 g/mol. The highest BCUT2D eigenvalue weighted by Gasteiger charge is 2.44. The van der Waals surface area contributed by atoms with Gasteiger partial charge in [0.15, 0.2) is 24.4 Å². The predicted octanol–water partition coefficient (Wildman–Crippen LogP) is 1.65. The first kappa shape index (κ1) is 33.7. The number of carbonyl (C=O) groups is 2. The van der Waals surface area contributed by atoms with E-state index in [9.17, 15) is 23.1 Å². The molecule has 3 aliphatic rings. The number of benzene rings is 2. The minimum Gasteiger partial charge on any atom is -0.484 e. The molecule has 2 amide bonds. The van der Waals surface area contributed by atoms with Gasteiger partial charge in [0.05, 0.1) is 36.2 Å². The minimum absolute atomic E-state index is 0.000703. The molecule has 5 atom stereocenters. The zero-order valence-electron chi connectivity index (χ0n) is 26.0. The van der Waals surface area contributed by atoms with Crippen LogP contribution in [0.3, 0.4) is 0 Å². The molecule has 15 heteroatoms. The van der Waals surface area contributed by atoms with Crippen LogP contribution >= 0.6 is 0 Å². The summed E-state index contributed by atoms with van der Waals surface area (Å²) in [5, 5.41) is 16.8. The van der Waals surface area contributed by atoms with Crippen LogP contribution in [0.15, 0.2) is 47.4 Å². The summed E-state index contributed by atoms with van der Waals surface area (Å²) in [6.45, 7) is 4.13. The van der Waals surface area contributed by atoms with Gasteiger partial charge in [0, 0.05) is 26.2 Å². The Morgan fingerprint density at radius 2 is 1.83 bits per heavy atom. The molecule has 0 spiro atoms. The number of fused-ring (bicyclic) bond motifs is 2. The summed E-state index contributed by atoms with van der Waals surface area (Å²) in [6.07, 6.45) is -2.17. The van der Waals surface area contributed by atoms with Crippen LogP contribution in [0, 0.1) is 11.8 Å². The monoisotopic (exact) mass is 663 g/mol. The van der Waals surface area contributed by atoms with Gasteiger partial charge < -0.3 is 44.2 Å². The molecule has 2 unspecified atom stereocenters. The van der Waals surface area contributed by atoms with Crippen molar-refractivity contribution in [2.75, 3.05) is 46.8 Å². The molecule has 252 valence electrons. The first-order valence-electron chi connectivity index (χ1n) is 15.2. The van der Waals surface area contributed by atoms with Gasteiger partial charge >= 0.3 is 6.09 Å². The number of ether oxygens (including phenoxy) is 6. The van der Waals surface area contributed by atoms with Gasteiger partial charge in [0.25, 0.3) is 5.91 Å². The molecule has 3 heterocycles. The molecular weight excluding hydrogens is 622 g/mol. The number of hydrogen-bond donors (Lipinski definition) is 3. The van der Waals surface area contributed by atoms with Crippen molar-refractivity contribution in [1.82, 2.24) is 14.9 Å². The number of nitrogens with zero attached hydrogens (tertiary/aromatic N) is 1. The number of aliphatic hydroxyl groups is 1. The summed E-state index contributed by atoms with van der Waals surface area (Å²) in [4.78, 5) is 24.7. The maximum Gasteiger partial charge on any atom is 0.407 e. The number of amides is 2. The van der Waals surface area contributed by atoms with E-state index in [4.69, 9.17) is 28.4 Å². The quantitative estimate of drug-likeness (QED) is 0.269. The number of nitrogens with one attached hydrogen (secondary N) is 2. The summed E-state index contributed by atoms with van der Waals surface area (Å²) in [5.41, 5.74) is 0.721. The van der Waals surface area contributed by atoms with Crippen LogP contribution in [0.25, 0.3) is 0 Å². The fourth-order valence-electron chi connectivity index (χ4n) is 5.55. The van der Waals surface area contributed by atoms with E-state index in [1.165, 1.54) is 29.6 Å². The molecule has 0 saturated carbocycles. The van der Waals surface area contributed by atoms with Crippen molar-refractivity contribution < 1.29 is 51.5 Å². The Labute approximate surface area is 268 Å². The molecule has 0 radical (unpaired) electrons.